The van der Waals surface area contributed by atoms with Gasteiger partial charge >= 0.3 is 0 Å². The Bertz CT molecular complexity index is 965. The summed E-state index contributed by atoms with van der Waals surface area (Å²) in [6, 6.07) is 6.18. The van der Waals surface area contributed by atoms with Crippen molar-refractivity contribution in [2.24, 2.45) is 18.0 Å². The van der Waals surface area contributed by atoms with E-state index in [2.05, 4.69) is 18.0 Å². The number of fused-ring (bicyclic) bond motifs is 1. The number of piperidine rings is 1. The molecule has 1 aromatic heterocycles. The number of sulfonamides is 1. The highest BCUT2D eigenvalue weighted by Gasteiger charge is 2.28. The van der Waals surface area contributed by atoms with E-state index in [4.69, 9.17) is 0 Å². The lowest BCUT2D eigenvalue weighted by atomic mass is 9.98. The Morgan fingerprint density at radius 1 is 1.32 bits per heavy atom. The Morgan fingerprint density at radius 3 is 2.60 bits per heavy atom. The van der Waals surface area contributed by atoms with E-state index in [0.717, 1.165) is 16.6 Å². The molecule has 25 heavy (non-hydrogen) atoms. The Hall–Kier alpha value is -1.51. The van der Waals surface area contributed by atoms with Gasteiger partial charge in [-0.2, -0.15) is 4.99 Å². The summed E-state index contributed by atoms with van der Waals surface area (Å²) >= 11 is 1.52. The van der Waals surface area contributed by atoms with Crippen molar-refractivity contribution in [1.29, 1.82) is 0 Å². The van der Waals surface area contributed by atoms with Crippen LogP contribution in [0.15, 0.2) is 23.2 Å². The van der Waals surface area contributed by atoms with Crippen LogP contribution in [0.25, 0.3) is 10.2 Å². The van der Waals surface area contributed by atoms with Crippen molar-refractivity contribution in [1.82, 2.24) is 8.87 Å². The van der Waals surface area contributed by atoms with Gasteiger partial charge in [-0.25, -0.2) is 12.7 Å². The van der Waals surface area contributed by atoms with E-state index < -0.39 is 10.0 Å². The average molecular weight is 382 g/mol. The quantitative estimate of drug-likeness (QED) is 0.815. The van der Waals surface area contributed by atoms with Crippen molar-refractivity contribution in [3.63, 3.8) is 0 Å². The zero-order valence-electron chi connectivity index (χ0n) is 14.7. The number of nitrogens with zero attached hydrogens (tertiary/aromatic N) is 3. The molecule has 2 aromatic rings. The van der Waals surface area contributed by atoms with Crippen LogP contribution in [0, 0.1) is 5.92 Å². The maximum Gasteiger partial charge on any atom is 0.251 e. The van der Waals surface area contributed by atoms with Gasteiger partial charge < -0.3 is 4.57 Å². The zero-order chi connectivity index (χ0) is 18.2. The van der Waals surface area contributed by atoms with Gasteiger partial charge in [-0.05, 0) is 30.9 Å². The number of aryl methyl sites for hydroxylation is 2. The van der Waals surface area contributed by atoms with Gasteiger partial charge in [0.2, 0.25) is 10.0 Å². The molecule has 0 saturated carbocycles. The van der Waals surface area contributed by atoms with Crippen molar-refractivity contribution in [3.05, 3.63) is 28.6 Å². The number of hydrogen-bond acceptors (Lipinski definition) is 4. The molecule has 0 N–H and O–H groups in total. The number of benzene rings is 1. The van der Waals surface area contributed by atoms with Gasteiger partial charge in [0, 0.05) is 26.1 Å². The third-order valence-corrected chi connectivity index (χ3v) is 7.17. The zero-order valence-corrected chi connectivity index (χ0v) is 16.4. The molecule has 1 aliphatic heterocycles. The van der Waals surface area contributed by atoms with Crippen LogP contribution in [-0.2, 0) is 28.3 Å². The third-order valence-electron chi connectivity index (χ3n) is 4.77. The van der Waals surface area contributed by atoms with Crippen molar-refractivity contribution in [2.45, 2.75) is 26.2 Å². The smallest absolute Gasteiger partial charge is 0.251 e. The normalized spacial score (nSPS) is 18.1. The van der Waals surface area contributed by atoms with Crippen molar-refractivity contribution in [3.8, 4) is 0 Å². The first-order valence-electron chi connectivity index (χ1n) is 8.42. The molecule has 8 heteroatoms. The highest BCUT2D eigenvalue weighted by molar-refractivity contribution is 7.88. The summed E-state index contributed by atoms with van der Waals surface area (Å²) in [6.07, 6.45) is 3.20. The topological polar surface area (TPSA) is 71.7 Å². The summed E-state index contributed by atoms with van der Waals surface area (Å²) in [5.74, 6) is -0.345. The van der Waals surface area contributed by atoms with Gasteiger partial charge in [0.25, 0.3) is 5.91 Å². The van der Waals surface area contributed by atoms with Crippen LogP contribution in [-0.4, -0.2) is 42.5 Å². The second kappa shape index (κ2) is 7.01. The van der Waals surface area contributed by atoms with Gasteiger partial charge in [0.1, 0.15) is 0 Å². The van der Waals surface area contributed by atoms with Gasteiger partial charge in [0.15, 0.2) is 4.80 Å². The van der Waals surface area contributed by atoms with Gasteiger partial charge in [-0.1, -0.05) is 30.4 Å². The molecular formula is C17H23N3O3S2. The van der Waals surface area contributed by atoms with E-state index in [1.54, 1.807) is 0 Å². The molecule has 1 amide bonds. The van der Waals surface area contributed by atoms with E-state index in [-0.39, 0.29) is 11.8 Å². The molecule has 0 unspecified atom stereocenters. The molecule has 1 fully saturated rings. The number of thiazole rings is 1. The summed E-state index contributed by atoms with van der Waals surface area (Å²) in [5.41, 5.74) is 2.38. The van der Waals surface area contributed by atoms with Crippen molar-refractivity contribution < 1.29 is 13.2 Å². The van der Waals surface area contributed by atoms with Crippen LogP contribution >= 0.6 is 11.3 Å². The van der Waals surface area contributed by atoms with Gasteiger partial charge in [-0.3, -0.25) is 4.79 Å². The Balaban J connectivity index is 1.85. The van der Waals surface area contributed by atoms with Crippen LogP contribution in [0.4, 0.5) is 0 Å². The fraction of sp³-hybridized carbons (Fsp3) is 0.529. The molecule has 6 nitrogen and oxygen atoms in total. The van der Waals surface area contributed by atoms with Crippen LogP contribution < -0.4 is 4.80 Å². The summed E-state index contributed by atoms with van der Waals surface area (Å²) in [6.45, 7) is 2.90. The lowest BCUT2D eigenvalue weighted by Crippen LogP contribution is -2.39. The standard InChI is InChI=1S/C17H23N3O3S2/c1-4-12-6-5-7-14-15(12)19(2)17(24-14)18-16(21)13-8-10-20(11-9-13)25(3,22)23/h5-7,13H,4,8-11H2,1-3H3. The fourth-order valence-corrected chi connectivity index (χ4v) is 5.24. The lowest BCUT2D eigenvalue weighted by Gasteiger charge is -2.28. The number of rotatable bonds is 3. The molecule has 3 rings (SSSR count). The van der Waals surface area contributed by atoms with Crippen molar-refractivity contribution in [2.75, 3.05) is 19.3 Å². The third kappa shape index (κ3) is 3.70. The van der Waals surface area contributed by atoms with Crippen LogP contribution in [0.2, 0.25) is 0 Å². The molecule has 0 aliphatic carbocycles. The Labute approximate surface area is 151 Å². The van der Waals surface area contributed by atoms with E-state index in [1.165, 1.54) is 27.5 Å². The molecule has 1 saturated heterocycles. The highest BCUT2D eigenvalue weighted by atomic mass is 32.2. The number of hydrogen-bond donors (Lipinski definition) is 0. The predicted octanol–water partition coefficient (Wildman–Crippen LogP) is 1.90. The Morgan fingerprint density at radius 2 is 2.00 bits per heavy atom. The van der Waals surface area contributed by atoms with Gasteiger partial charge in [-0.15, -0.1) is 0 Å². The minimum absolute atomic E-state index is 0.145. The molecule has 136 valence electrons. The highest BCUT2D eigenvalue weighted by Crippen LogP contribution is 2.23. The molecule has 0 spiro atoms. The molecule has 0 bridgehead atoms. The van der Waals surface area contributed by atoms with Crippen LogP contribution in [0.5, 0.6) is 0 Å². The molecule has 0 atom stereocenters. The Kier molecular flexibility index (Phi) is 5.13. The first kappa shape index (κ1) is 18.3. The summed E-state index contributed by atoms with van der Waals surface area (Å²) in [5, 5.41) is 0. The first-order chi connectivity index (χ1) is 11.8. The maximum atomic E-state index is 12.6. The summed E-state index contributed by atoms with van der Waals surface area (Å²) in [7, 11) is -1.24. The van der Waals surface area contributed by atoms with Crippen LogP contribution in [0.1, 0.15) is 25.3 Å². The van der Waals surface area contributed by atoms with E-state index in [0.29, 0.717) is 30.7 Å². The van der Waals surface area contributed by atoms with E-state index in [1.807, 2.05) is 23.7 Å². The molecule has 0 radical (unpaired) electrons. The monoisotopic (exact) mass is 381 g/mol. The van der Waals surface area contributed by atoms with E-state index in [9.17, 15) is 13.2 Å². The van der Waals surface area contributed by atoms with Crippen molar-refractivity contribution >= 4 is 37.5 Å². The number of para-hydroxylation sites is 1. The number of carbonyl (C=O) groups excluding carboxylic acids is 1. The molecule has 1 aliphatic rings. The fourth-order valence-electron chi connectivity index (χ4n) is 3.30. The lowest BCUT2D eigenvalue weighted by molar-refractivity contribution is -0.122. The minimum atomic E-state index is -3.18. The largest absolute Gasteiger partial charge is 0.319 e. The number of amides is 1. The first-order valence-corrected chi connectivity index (χ1v) is 11.1. The summed E-state index contributed by atoms with van der Waals surface area (Å²) < 4.78 is 27.7. The minimum Gasteiger partial charge on any atom is -0.319 e. The molecule has 1 aromatic carbocycles. The second-order valence-electron chi connectivity index (χ2n) is 6.45. The molecular weight excluding hydrogens is 358 g/mol. The summed E-state index contributed by atoms with van der Waals surface area (Å²) in [4.78, 5) is 17.6. The van der Waals surface area contributed by atoms with Crippen LogP contribution in [0.3, 0.4) is 0 Å². The van der Waals surface area contributed by atoms with E-state index >= 15 is 0 Å². The number of aromatic nitrogens is 1. The van der Waals surface area contributed by atoms with Gasteiger partial charge in [0.05, 0.1) is 16.5 Å². The number of carbonyl (C=O) groups is 1. The SMILES string of the molecule is CCc1cccc2sc(=NC(=O)C3CCN(S(C)(=O)=O)CC3)n(C)c12. The predicted molar refractivity (Wildman–Crippen MR) is 99.9 cm³/mol. The average Bonchev–Trinajstić information content (AvgIpc) is 2.90. The molecule has 2 heterocycles. The second-order valence-corrected chi connectivity index (χ2v) is 9.44. The maximum absolute atomic E-state index is 12.6.